The van der Waals surface area contributed by atoms with Crippen LogP contribution in [0.25, 0.3) is 0 Å². The first-order valence-electron chi connectivity index (χ1n) is 10.5. The normalized spacial score (nSPS) is 13.0. The summed E-state index contributed by atoms with van der Waals surface area (Å²) < 4.78 is 5.47. The second kappa shape index (κ2) is 12.4. The number of hydrogen-bond acceptors (Lipinski definition) is 7. The Labute approximate surface area is 201 Å². The Bertz CT molecular complexity index is 895. The Hall–Kier alpha value is -2.61. The monoisotopic (exact) mass is 476 g/mol. The summed E-state index contributed by atoms with van der Waals surface area (Å²) in [5.41, 5.74) is 4.49. The van der Waals surface area contributed by atoms with Crippen molar-refractivity contribution in [3.63, 3.8) is 0 Å². The number of morpholine rings is 1. The molecule has 0 atom stereocenters. The highest BCUT2D eigenvalue weighted by molar-refractivity contribution is 5.85. The van der Waals surface area contributed by atoms with Gasteiger partial charge in [0.1, 0.15) is 0 Å². The zero-order valence-corrected chi connectivity index (χ0v) is 20.0. The van der Waals surface area contributed by atoms with Crippen molar-refractivity contribution in [2.24, 2.45) is 0 Å². The van der Waals surface area contributed by atoms with Gasteiger partial charge >= 0.3 is 0 Å². The van der Waals surface area contributed by atoms with Gasteiger partial charge in [0.15, 0.2) is 0 Å². The van der Waals surface area contributed by atoms with Crippen LogP contribution in [0.1, 0.15) is 25.0 Å². The first kappa shape index (κ1) is 25.6. The van der Waals surface area contributed by atoms with Gasteiger partial charge in [0.25, 0.3) is 0 Å². The number of hydrogen-bond donors (Lipinski definition) is 2. The molecule has 0 aliphatic carbocycles. The van der Waals surface area contributed by atoms with Crippen molar-refractivity contribution in [2.45, 2.75) is 26.7 Å². The predicted octanol–water partition coefficient (Wildman–Crippen LogP) is 5.16. The molecule has 1 aliphatic rings. The lowest BCUT2D eigenvalue weighted by atomic mass is 10.1. The molecule has 0 unspecified atom stereocenters. The third-order valence-corrected chi connectivity index (χ3v) is 5.15. The molecule has 2 heterocycles. The average molecular weight is 477 g/mol. The zero-order valence-electron chi connectivity index (χ0n) is 18.4. The van der Waals surface area contributed by atoms with Gasteiger partial charge in [-0.05, 0) is 48.2 Å². The number of halogens is 2. The summed E-state index contributed by atoms with van der Waals surface area (Å²) in [5, 5.41) is 6.64. The number of aryl methyl sites for hydroxylation is 2. The molecule has 1 fully saturated rings. The van der Waals surface area contributed by atoms with Crippen LogP contribution in [0.4, 0.5) is 29.2 Å². The van der Waals surface area contributed by atoms with Crippen LogP contribution in [0, 0.1) is 0 Å². The summed E-state index contributed by atoms with van der Waals surface area (Å²) in [6, 6.07) is 16.6. The van der Waals surface area contributed by atoms with E-state index in [0.717, 1.165) is 37.3 Å². The van der Waals surface area contributed by atoms with Gasteiger partial charge in [-0.15, -0.1) is 24.8 Å². The van der Waals surface area contributed by atoms with Crippen molar-refractivity contribution in [2.75, 3.05) is 41.8 Å². The fraction of sp³-hybridized carbons (Fsp3) is 0.348. The summed E-state index contributed by atoms with van der Waals surface area (Å²) in [4.78, 5) is 16.1. The van der Waals surface area contributed by atoms with Gasteiger partial charge in [0.2, 0.25) is 17.8 Å². The maximum atomic E-state index is 5.47. The quantitative estimate of drug-likeness (QED) is 0.487. The number of benzene rings is 2. The number of rotatable bonds is 7. The number of aromatic nitrogens is 3. The van der Waals surface area contributed by atoms with Crippen LogP contribution in [-0.2, 0) is 17.6 Å². The summed E-state index contributed by atoms with van der Waals surface area (Å²) in [6.45, 7) is 7.17. The molecule has 0 spiro atoms. The van der Waals surface area contributed by atoms with Gasteiger partial charge in [0.05, 0.1) is 13.2 Å². The molecule has 0 saturated carbocycles. The van der Waals surface area contributed by atoms with E-state index in [0.29, 0.717) is 31.1 Å². The van der Waals surface area contributed by atoms with E-state index in [1.54, 1.807) is 0 Å². The highest BCUT2D eigenvalue weighted by Crippen LogP contribution is 2.21. The van der Waals surface area contributed by atoms with E-state index in [-0.39, 0.29) is 24.8 Å². The van der Waals surface area contributed by atoms with Crippen LogP contribution in [0.15, 0.2) is 48.5 Å². The maximum absolute atomic E-state index is 5.47. The lowest BCUT2D eigenvalue weighted by molar-refractivity contribution is 0.122. The number of nitrogens with one attached hydrogen (secondary N) is 2. The molecule has 1 aliphatic heterocycles. The lowest BCUT2D eigenvalue weighted by Gasteiger charge is -2.27. The number of ether oxygens (including phenoxy) is 1. The molecule has 32 heavy (non-hydrogen) atoms. The van der Waals surface area contributed by atoms with E-state index < -0.39 is 0 Å². The zero-order chi connectivity index (χ0) is 20.8. The van der Waals surface area contributed by atoms with E-state index in [9.17, 15) is 0 Å². The Kier molecular flexibility index (Phi) is 9.97. The summed E-state index contributed by atoms with van der Waals surface area (Å²) in [5.74, 6) is 1.68. The third-order valence-electron chi connectivity index (χ3n) is 5.15. The minimum absolute atomic E-state index is 0. The molecule has 0 bridgehead atoms. The molecular weight excluding hydrogens is 447 g/mol. The van der Waals surface area contributed by atoms with Gasteiger partial charge in [-0.1, -0.05) is 38.1 Å². The highest BCUT2D eigenvalue weighted by Gasteiger charge is 2.17. The molecule has 1 saturated heterocycles. The topological polar surface area (TPSA) is 75.2 Å². The van der Waals surface area contributed by atoms with Crippen molar-refractivity contribution in [1.82, 2.24) is 15.0 Å². The molecule has 1 aromatic heterocycles. The summed E-state index contributed by atoms with van der Waals surface area (Å²) in [7, 11) is 0. The van der Waals surface area contributed by atoms with E-state index in [2.05, 4.69) is 68.6 Å². The Morgan fingerprint density at radius 1 is 0.719 bits per heavy atom. The molecule has 0 radical (unpaired) electrons. The first-order chi connectivity index (χ1) is 14.7. The van der Waals surface area contributed by atoms with Gasteiger partial charge < -0.3 is 20.3 Å². The van der Waals surface area contributed by atoms with Gasteiger partial charge in [0, 0.05) is 24.5 Å². The molecule has 2 aromatic carbocycles. The Morgan fingerprint density at radius 2 is 1.16 bits per heavy atom. The van der Waals surface area contributed by atoms with Crippen molar-refractivity contribution in [3.05, 3.63) is 59.7 Å². The summed E-state index contributed by atoms with van der Waals surface area (Å²) in [6.07, 6.45) is 2.02. The second-order valence-electron chi connectivity index (χ2n) is 7.23. The molecule has 4 rings (SSSR count). The molecule has 9 heteroatoms. The van der Waals surface area contributed by atoms with Gasteiger partial charge in [-0.25, -0.2) is 0 Å². The van der Waals surface area contributed by atoms with Crippen LogP contribution >= 0.6 is 24.8 Å². The molecule has 2 N–H and O–H groups in total. The van der Waals surface area contributed by atoms with Crippen LogP contribution in [0.3, 0.4) is 0 Å². The third kappa shape index (κ3) is 6.69. The maximum Gasteiger partial charge on any atom is 0.233 e. The molecule has 172 valence electrons. The largest absolute Gasteiger partial charge is 0.378 e. The van der Waals surface area contributed by atoms with Gasteiger partial charge in [-0.2, -0.15) is 15.0 Å². The first-order valence-corrected chi connectivity index (χ1v) is 10.5. The fourth-order valence-electron chi connectivity index (χ4n) is 3.29. The fourth-order valence-corrected chi connectivity index (χ4v) is 3.29. The van der Waals surface area contributed by atoms with Crippen LogP contribution in [0.2, 0.25) is 0 Å². The molecular formula is C23H30Cl2N6O. The Balaban J connectivity index is 0.00000181. The Morgan fingerprint density at radius 3 is 1.56 bits per heavy atom. The SMILES string of the molecule is CCc1ccc(Nc2nc(Nc3ccc(CC)cc3)nc(N3CCOCC3)n2)cc1.Cl.Cl. The smallest absolute Gasteiger partial charge is 0.233 e. The average Bonchev–Trinajstić information content (AvgIpc) is 2.80. The van der Waals surface area contributed by atoms with Crippen LogP contribution in [-0.4, -0.2) is 41.3 Å². The lowest BCUT2D eigenvalue weighted by Crippen LogP contribution is -2.37. The standard InChI is InChI=1S/C23H28N6O.2ClH/c1-3-17-5-9-19(10-6-17)24-21-26-22(25-20-11-7-18(4-2)8-12-20)28-23(27-21)29-13-15-30-16-14-29;;/h5-12H,3-4,13-16H2,1-2H3,(H2,24,25,26,27,28);2*1H. The van der Waals surface area contributed by atoms with Crippen molar-refractivity contribution in [3.8, 4) is 0 Å². The molecule has 3 aromatic rings. The van der Waals surface area contributed by atoms with Crippen molar-refractivity contribution < 1.29 is 4.74 Å². The predicted molar refractivity (Wildman–Crippen MR) is 136 cm³/mol. The second-order valence-corrected chi connectivity index (χ2v) is 7.23. The van der Waals surface area contributed by atoms with E-state index in [1.165, 1.54) is 11.1 Å². The van der Waals surface area contributed by atoms with E-state index >= 15 is 0 Å². The van der Waals surface area contributed by atoms with E-state index in [1.807, 2.05) is 24.3 Å². The van der Waals surface area contributed by atoms with Gasteiger partial charge in [-0.3, -0.25) is 0 Å². The summed E-state index contributed by atoms with van der Waals surface area (Å²) >= 11 is 0. The molecule has 0 amide bonds. The van der Waals surface area contributed by atoms with Crippen LogP contribution < -0.4 is 15.5 Å². The van der Waals surface area contributed by atoms with Crippen LogP contribution in [0.5, 0.6) is 0 Å². The van der Waals surface area contributed by atoms with Crippen molar-refractivity contribution >= 4 is 54.0 Å². The minimum Gasteiger partial charge on any atom is -0.378 e. The molecule has 7 nitrogen and oxygen atoms in total. The number of anilines is 5. The minimum atomic E-state index is 0. The number of nitrogens with zero attached hydrogens (tertiary/aromatic N) is 4. The highest BCUT2D eigenvalue weighted by atomic mass is 35.5. The van der Waals surface area contributed by atoms with E-state index in [4.69, 9.17) is 4.74 Å². The van der Waals surface area contributed by atoms with Crippen molar-refractivity contribution in [1.29, 1.82) is 0 Å².